The van der Waals surface area contributed by atoms with Gasteiger partial charge in [-0.05, 0) is 68.5 Å². The Kier molecular flexibility index (Phi) is 6.39. The number of nitrogens with zero attached hydrogens (tertiary/aromatic N) is 2. The van der Waals surface area contributed by atoms with Crippen molar-refractivity contribution in [2.24, 2.45) is 5.92 Å². The molecule has 2 aliphatic heterocycles. The highest BCUT2D eigenvalue weighted by Gasteiger charge is 2.43. The van der Waals surface area contributed by atoms with Gasteiger partial charge in [0.25, 0.3) is 0 Å². The van der Waals surface area contributed by atoms with Crippen LogP contribution >= 0.6 is 0 Å². The highest BCUT2D eigenvalue weighted by molar-refractivity contribution is 5.83. The van der Waals surface area contributed by atoms with Gasteiger partial charge in [0.2, 0.25) is 5.91 Å². The number of fused-ring (bicyclic) bond motifs is 1. The summed E-state index contributed by atoms with van der Waals surface area (Å²) in [4.78, 5) is 18.6. The molecule has 0 radical (unpaired) electrons. The molecule has 0 bridgehead atoms. The summed E-state index contributed by atoms with van der Waals surface area (Å²) in [6, 6.07) is 9.07. The molecule has 5 rings (SSSR count). The molecule has 0 spiro atoms. The van der Waals surface area contributed by atoms with Crippen LogP contribution in [0.1, 0.15) is 94.2 Å². The van der Waals surface area contributed by atoms with Gasteiger partial charge < -0.3 is 10.0 Å². The average Bonchev–Trinajstić information content (AvgIpc) is 3.26. The summed E-state index contributed by atoms with van der Waals surface area (Å²) in [5, 5.41) is 11.2. The van der Waals surface area contributed by atoms with Gasteiger partial charge in [-0.2, -0.15) is 0 Å². The highest BCUT2D eigenvalue weighted by atomic mass is 16.3. The Bertz CT molecular complexity index is 766. The smallest absolute Gasteiger partial charge is 0.240 e. The van der Waals surface area contributed by atoms with Gasteiger partial charge in [-0.15, -0.1) is 0 Å². The standard InChI is InChI=1S/C27H40N2O2/c30-26(24-14-9-18-28(24)20-27(31)16-7-2-8-17-27)29-19-15-21-10-5-6-13-23(21)25(29)22-11-3-1-4-12-22/h5-6,10,13,22,24-25,31H,1-4,7-9,11-12,14-20H2/t24-,25?/m0/s1. The molecule has 31 heavy (non-hydrogen) atoms. The SMILES string of the molecule is O=C([C@@H]1CCCN1CC1(O)CCCCC1)N1CCc2ccccc2C1C1CCCCC1. The number of carbonyl (C=O) groups excluding carboxylic acids is 1. The summed E-state index contributed by atoms with van der Waals surface area (Å²) in [5.74, 6) is 0.929. The third-order valence-corrected chi connectivity index (χ3v) is 8.64. The van der Waals surface area contributed by atoms with E-state index < -0.39 is 5.60 Å². The molecule has 1 unspecified atom stereocenters. The number of carbonyl (C=O) groups is 1. The zero-order chi connectivity index (χ0) is 21.3. The molecule has 4 nitrogen and oxygen atoms in total. The minimum Gasteiger partial charge on any atom is -0.389 e. The highest BCUT2D eigenvalue weighted by Crippen LogP contribution is 2.43. The van der Waals surface area contributed by atoms with Crippen LogP contribution in [0.3, 0.4) is 0 Å². The molecule has 1 N–H and O–H groups in total. The second kappa shape index (κ2) is 9.23. The van der Waals surface area contributed by atoms with Crippen molar-refractivity contribution < 1.29 is 9.90 Å². The second-order valence-corrected chi connectivity index (χ2v) is 10.7. The Balaban J connectivity index is 1.37. The van der Waals surface area contributed by atoms with Crippen molar-refractivity contribution in [3.63, 3.8) is 0 Å². The first-order valence-electron chi connectivity index (χ1n) is 13.0. The van der Waals surface area contributed by atoms with Crippen molar-refractivity contribution in [2.45, 2.75) is 101 Å². The zero-order valence-electron chi connectivity index (χ0n) is 19.1. The first-order chi connectivity index (χ1) is 15.1. The summed E-state index contributed by atoms with van der Waals surface area (Å²) >= 11 is 0. The van der Waals surface area contributed by atoms with Gasteiger partial charge in [-0.25, -0.2) is 0 Å². The predicted octanol–water partition coefficient (Wildman–Crippen LogP) is 4.85. The van der Waals surface area contributed by atoms with E-state index in [1.807, 2.05) is 0 Å². The monoisotopic (exact) mass is 424 g/mol. The van der Waals surface area contributed by atoms with Gasteiger partial charge in [0, 0.05) is 13.1 Å². The molecule has 1 aromatic rings. The summed E-state index contributed by atoms with van der Waals surface area (Å²) < 4.78 is 0. The molecule has 1 saturated heterocycles. The Labute approximate surface area is 188 Å². The van der Waals surface area contributed by atoms with Crippen molar-refractivity contribution in [3.8, 4) is 0 Å². The normalized spacial score (nSPS) is 29.6. The fraction of sp³-hybridized carbons (Fsp3) is 0.741. The fourth-order valence-corrected chi connectivity index (χ4v) is 7.04. The lowest BCUT2D eigenvalue weighted by molar-refractivity contribution is -0.142. The molecular formula is C27H40N2O2. The van der Waals surface area contributed by atoms with Crippen LogP contribution in [0, 0.1) is 5.92 Å². The number of hydrogen-bond acceptors (Lipinski definition) is 3. The maximum atomic E-state index is 14.0. The van der Waals surface area contributed by atoms with Crippen LogP contribution in [0.4, 0.5) is 0 Å². The van der Waals surface area contributed by atoms with E-state index >= 15 is 0 Å². The number of amides is 1. The maximum absolute atomic E-state index is 14.0. The first kappa shape index (κ1) is 21.5. The number of likely N-dealkylation sites (tertiary alicyclic amines) is 1. The molecule has 3 fully saturated rings. The quantitative estimate of drug-likeness (QED) is 0.751. The molecular weight excluding hydrogens is 384 g/mol. The van der Waals surface area contributed by atoms with Gasteiger partial charge in [0.05, 0.1) is 17.7 Å². The Hall–Kier alpha value is -1.39. The molecule has 1 amide bonds. The van der Waals surface area contributed by atoms with Crippen LogP contribution in [-0.2, 0) is 11.2 Å². The van der Waals surface area contributed by atoms with Gasteiger partial charge in [-0.1, -0.05) is 62.8 Å². The number of hydrogen-bond donors (Lipinski definition) is 1. The lowest BCUT2D eigenvalue weighted by atomic mass is 9.77. The van der Waals surface area contributed by atoms with E-state index in [-0.39, 0.29) is 12.1 Å². The summed E-state index contributed by atoms with van der Waals surface area (Å²) in [6.07, 6.45) is 14.7. The fourth-order valence-electron chi connectivity index (χ4n) is 7.04. The van der Waals surface area contributed by atoms with Crippen LogP contribution < -0.4 is 0 Å². The van der Waals surface area contributed by atoms with Crippen LogP contribution in [0.15, 0.2) is 24.3 Å². The molecule has 4 heteroatoms. The molecule has 170 valence electrons. The van der Waals surface area contributed by atoms with E-state index in [0.717, 1.165) is 58.0 Å². The number of benzene rings is 1. The zero-order valence-corrected chi connectivity index (χ0v) is 19.1. The Morgan fingerprint density at radius 2 is 1.68 bits per heavy atom. The summed E-state index contributed by atoms with van der Waals surface area (Å²) in [5.41, 5.74) is 2.27. The lowest BCUT2D eigenvalue weighted by Gasteiger charge is -2.45. The van der Waals surface area contributed by atoms with E-state index in [4.69, 9.17) is 0 Å². The van der Waals surface area contributed by atoms with Crippen molar-refractivity contribution >= 4 is 5.91 Å². The molecule has 4 aliphatic rings. The van der Waals surface area contributed by atoms with Crippen molar-refractivity contribution in [3.05, 3.63) is 35.4 Å². The van der Waals surface area contributed by atoms with E-state index in [2.05, 4.69) is 34.1 Å². The van der Waals surface area contributed by atoms with Crippen molar-refractivity contribution in [2.75, 3.05) is 19.6 Å². The van der Waals surface area contributed by atoms with E-state index in [0.29, 0.717) is 18.4 Å². The number of β-amino-alcohol motifs (C(OH)–C–C–N with tert-alkyl or cyclic N) is 1. The minimum atomic E-state index is -0.585. The maximum Gasteiger partial charge on any atom is 0.240 e. The van der Waals surface area contributed by atoms with Gasteiger partial charge >= 0.3 is 0 Å². The average molecular weight is 425 g/mol. The number of rotatable bonds is 4. The summed E-state index contributed by atoms with van der Waals surface area (Å²) in [7, 11) is 0. The van der Waals surface area contributed by atoms with Crippen LogP contribution in [0.5, 0.6) is 0 Å². The third kappa shape index (κ3) is 4.43. The Morgan fingerprint density at radius 1 is 0.935 bits per heavy atom. The topological polar surface area (TPSA) is 43.8 Å². The molecule has 2 heterocycles. The first-order valence-corrected chi connectivity index (χ1v) is 13.0. The minimum absolute atomic E-state index is 0.0395. The molecule has 1 aromatic carbocycles. The van der Waals surface area contributed by atoms with Crippen molar-refractivity contribution in [1.29, 1.82) is 0 Å². The van der Waals surface area contributed by atoms with Crippen LogP contribution in [0.2, 0.25) is 0 Å². The van der Waals surface area contributed by atoms with Gasteiger partial charge in [-0.3, -0.25) is 9.69 Å². The van der Waals surface area contributed by atoms with Crippen LogP contribution in [0.25, 0.3) is 0 Å². The second-order valence-electron chi connectivity index (χ2n) is 10.7. The van der Waals surface area contributed by atoms with Crippen molar-refractivity contribution in [1.82, 2.24) is 9.80 Å². The molecule has 2 atom stereocenters. The summed E-state index contributed by atoms with van der Waals surface area (Å²) in [6.45, 7) is 2.49. The van der Waals surface area contributed by atoms with E-state index in [1.54, 1.807) is 0 Å². The Morgan fingerprint density at radius 3 is 2.48 bits per heavy atom. The molecule has 2 aliphatic carbocycles. The van der Waals surface area contributed by atoms with Gasteiger partial charge in [0.15, 0.2) is 0 Å². The lowest BCUT2D eigenvalue weighted by Crippen LogP contribution is -2.54. The van der Waals surface area contributed by atoms with E-state index in [9.17, 15) is 9.90 Å². The van der Waals surface area contributed by atoms with E-state index in [1.165, 1.54) is 49.7 Å². The van der Waals surface area contributed by atoms with Crippen LogP contribution in [-0.4, -0.2) is 52.1 Å². The predicted molar refractivity (Wildman–Crippen MR) is 124 cm³/mol. The third-order valence-electron chi connectivity index (χ3n) is 8.64. The number of aliphatic hydroxyl groups is 1. The molecule has 2 saturated carbocycles. The van der Waals surface area contributed by atoms with Gasteiger partial charge in [0.1, 0.15) is 0 Å². The largest absolute Gasteiger partial charge is 0.389 e. The molecule has 0 aromatic heterocycles.